The highest BCUT2D eigenvalue weighted by Gasteiger charge is 2.21. The van der Waals surface area contributed by atoms with Gasteiger partial charge in [-0.2, -0.15) is 8.78 Å². The Morgan fingerprint density at radius 2 is 1.96 bits per heavy atom. The van der Waals surface area contributed by atoms with E-state index in [4.69, 9.17) is 4.74 Å². The van der Waals surface area contributed by atoms with E-state index in [9.17, 15) is 13.6 Å². The summed E-state index contributed by atoms with van der Waals surface area (Å²) in [5.41, 5.74) is 0.414. The molecule has 0 fully saturated rings. The fourth-order valence-electron chi connectivity index (χ4n) is 1.95. The van der Waals surface area contributed by atoms with E-state index < -0.39 is 18.3 Å². The Balaban J connectivity index is 2.39. The largest absolute Gasteiger partial charge is 0.443 e. The second-order valence-electron chi connectivity index (χ2n) is 5.80. The predicted octanol–water partition coefficient (Wildman–Crippen LogP) is 5.30. The molecule has 0 saturated heterocycles. The Hall–Kier alpha value is -1.89. The molecular formula is C16H16BrF2NO3. The number of hydrogen-bond acceptors (Lipinski definition) is 3. The number of hydrogen-bond donors (Lipinski definition) is 0. The molecule has 0 bridgehead atoms. The minimum absolute atomic E-state index is 0.0190. The summed E-state index contributed by atoms with van der Waals surface area (Å²) in [6, 6.07) is 7.83. The van der Waals surface area contributed by atoms with Gasteiger partial charge in [-0.1, -0.05) is 12.1 Å². The van der Waals surface area contributed by atoms with E-state index in [2.05, 4.69) is 20.7 Å². The Bertz CT molecular complexity index is 708. The monoisotopic (exact) mass is 387 g/mol. The molecule has 4 nitrogen and oxygen atoms in total. The average molecular weight is 388 g/mol. The number of alkyl halides is 2. The highest BCUT2D eigenvalue weighted by Crippen LogP contribution is 2.29. The van der Waals surface area contributed by atoms with Crippen molar-refractivity contribution < 1.29 is 23.0 Å². The van der Waals surface area contributed by atoms with Crippen molar-refractivity contribution >= 4 is 22.0 Å². The summed E-state index contributed by atoms with van der Waals surface area (Å²) in [4.78, 5) is 12.3. The van der Waals surface area contributed by atoms with E-state index in [0.717, 1.165) is 0 Å². The summed E-state index contributed by atoms with van der Waals surface area (Å²) in [5, 5.41) is 0. The van der Waals surface area contributed by atoms with Crippen LogP contribution in [0.1, 0.15) is 20.8 Å². The molecule has 0 unspecified atom stereocenters. The van der Waals surface area contributed by atoms with Crippen LogP contribution in [0.3, 0.4) is 0 Å². The minimum Gasteiger partial charge on any atom is -0.443 e. The zero-order valence-corrected chi connectivity index (χ0v) is 14.4. The van der Waals surface area contributed by atoms with E-state index >= 15 is 0 Å². The van der Waals surface area contributed by atoms with Crippen LogP contribution in [0.15, 0.2) is 41.0 Å². The van der Waals surface area contributed by atoms with Gasteiger partial charge in [-0.3, -0.25) is 4.57 Å². The number of aromatic nitrogens is 1. The molecule has 0 N–H and O–H groups in total. The van der Waals surface area contributed by atoms with Crippen molar-refractivity contribution in [1.82, 2.24) is 4.57 Å². The lowest BCUT2D eigenvalue weighted by molar-refractivity contribution is -0.0498. The van der Waals surface area contributed by atoms with Crippen molar-refractivity contribution in [3.05, 3.63) is 41.0 Å². The Labute approximate surface area is 141 Å². The number of nitrogens with zero attached hydrogens (tertiary/aromatic N) is 1. The molecule has 23 heavy (non-hydrogen) atoms. The van der Waals surface area contributed by atoms with E-state index in [1.54, 1.807) is 45.2 Å². The van der Waals surface area contributed by atoms with E-state index in [1.807, 2.05) is 0 Å². The van der Waals surface area contributed by atoms with Gasteiger partial charge in [-0.15, -0.1) is 0 Å². The first-order valence-electron chi connectivity index (χ1n) is 6.82. The van der Waals surface area contributed by atoms with Crippen LogP contribution in [-0.4, -0.2) is 22.9 Å². The smallest absolute Gasteiger partial charge is 0.419 e. The SMILES string of the molecule is CC(C)(C)OC(=O)n1cc(Br)cc1-c1cccc(OC(F)F)c1. The number of carbonyl (C=O) groups is 1. The summed E-state index contributed by atoms with van der Waals surface area (Å²) >= 11 is 3.31. The van der Waals surface area contributed by atoms with Gasteiger partial charge in [0, 0.05) is 16.2 Å². The van der Waals surface area contributed by atoms with Crippen LogP contribution < -0.4 is 4.74 Å². The van der Waals surface area contributed by atoms with Crippen LogP contribution in [0.5, 0.6) is 5.75 Å². The molecule has 0 amide bonds. The molecule has 0 spiro atoms. The first-order valence-corrected chi connectivity index (χ1v) is 7.61. The van der Waals surface area contributed by atoms with Crippen LogP contribution in [0.25, 0.3) is 11.3 Å². The zero-order valence-electron chi connectivity index (χ0n) is 12.8. The molecule has 0 aliphatic carbocycles. The number of halogens is 3. The number of carbonyl (C=O) groups excluding carboxylic acids is 1. The van der Waals surface area contributed by atoms with Crippen molar-refractivity contribution in [1.29, 1.82) is 0 Å². The third-order valence-electron chi connectivity index (χ3n) is 2.73. The number of ether oxygens (including phenoxy) is 2. The van der Waals surface area contributed by atoms with Gasteiger partial charge in [-0.25, -0.2) is 4.79 Å². The standard InChI is InChI=1S/C16H16BrF2NO3/c1-16(2,3)23-15(21)20-9-11(17)8-13(20)10-5-4-6-12(7-10)22-14(18)19/h4-9,14H,1-3H3. The highest BCUT2D eigenvalue weighted by molar-refractivity contribution is 9.10. The molecule has 124 valence electrons. The van der Waals surface area contributed by atoms with Crippen LogP contribution in [0.4, 0.5) is 13.6 Å². The zero-order chi connectivity index (χ0) is 17.2. The molecule has 0 aliphatic rings. The summed E-state index contributed by atoms with van der Waals surface area (Å²) in [6.07, 6.45) is 1.00. The first-order chi connectivity index (χ1) is 10.7. The molecule has 0 radical (unpaired) electrons. The van der Waals surface area contributed by atoms with Crippen LogP contribution in [0, 0.1) is 0 Å². The van der Waals surface area contributed by atoms with Gasteiger partial charge in [0.15, 0.2) is 0 Å². The predicted molar refractivity (Wildman–Crippen MR) is 85.8 cm³/mol. The molecule has 2 aromatic rings. The summed E-state index contributed by atoms with van der Waals surface area (Å²) < 4.78 is 36.4. The van der Waals surface area contributed by atoms with Gasteiger partial charge < -0.3 is 9.47 Å². The van der Waals surface area contributed by atoms with Gasteiger partial charge in [-0.05, 0) is 54.9 Å². The molecule has 1 aromatic heterocycles. The Morgan fingerprint density at radius 3 is 2.57 bits per heavy atom. The minimum atomic E-state index is -2.91. The molecule has 7 heteroatoms. The van der Waals surface area contributed by atoms with Crippen LogP contribution in [-0.2, 0) is 4.74 Å². The fraction of sp³-hybridized carbons (Fsp3) is 0.312. The molecule has 2 rings (SSSR count). The van der Waals surface area contributed by atoms with Gasteiger partial charge in [0.05, 0.1) is 5.69 Å². The molecule has 0 saturated carbocycles. The lowest BCUT2D eigenvalue weighted by Crippen LogP contribution is -2.27. The van der Waals surface area contributed by atoms with Crippen molar-refractivity contribution in [3.8, 4) is 17.0 Å². The van der Waals surface area contributed by atoms with Crippen molar-refractivity contribution in [2.75, 3.05) is 0 Å². The van der Waals surface area contributed by atoms with Crippen LogP contribution in [0.2, 0.25) is 0 Å². The van der Waals surface area contributed by atoms with E-state index in [0.29, 0.717) is 15.7 Å². The van der Waals surface area contributed by atoms with Gasteiger partial charge >= 0.3 is 12.7 Å². The molecule has 1 aromatic carbocycles. The lowest BCUT2D eigenvalue weighted by Gasteiger charge is -2.20. The highest BCUT2D eigenvalue weighted by atomic mass is 79.9. The second kappa shape index (κ2) is 6.70. The third kappa shape index (κ3) is 4.79. The van der Waals surface area contributed by atoms with E-state index in [-0.39, 0.29) is 5.75 Å². The van der Waals surface area contributed by atoms with Crippen molar-refractivity contribution in [3.63, 3.8) is 0 Å². The Morgan fingerprint density at radius 1 is 1.26 bits per heavy atom. The maximum atomic E-state index is 12.3. The molecule has 0 atom stereocenters. The normalized spacial score (nSPS) is 11.6. The second-order valence-corrected chi connectivity index (χ2v) is 6.72. The average Bonchev–Trinajstić information content (AvgIpc) is 2.78. The maximum absolute atomic E-state index is 12.3. The number of benzene rings is 1. The molecule has 0 aliphatic heterocycles. The molecule has 1 heterocycles. The third-order valence-corrected chi connectivity index (χ3v) is 3.17. The van der Waals surface area contributed by atoms with Gasteiger partial charge in [0.2, 0.25) is 0 Å². The fourth-order valence-corrected chi connectivity index (χ4v) is 2.37. The van der Waals surface area contributed by atoms with Crippen LogP contribution >= 0.6 is 15.9 Å². The summed E-state index contributed by atoms with van der Waals surface area (Å²) in [5.74, 6) is 0.0190. The van der Waals surface area contributed by atoms with Gasteiger partial charge in [0.1, 0.15) is 11.4 Å². The molecular weight excluding hydrogens is 372 g/mol. The summed E-state index contributed by atoms with van der Waals surface area (Å²) in [6.45, 7) is 2.38. The first kappa shape index (κ1) is 17.5. The quantitative estimate of drug-likeness (QED) is 0.716. The maximum Gasteiger partial charge on any atom is 0.419 e. The van der Waals surface area contributed by atoms with Crippen molar-refractivity contribution in [2.45, 2.75) is 33.0 Å². The van der Waals surface area contributed by atoms with E-state index in [1.165, 1.54) is 16.7 Å². The topological polar surface area (TPSA) is 40.5 Å². The van der Waals surface area contributed by atoms with Crippen molar-refractivity contribution in [2.24, 2.45) is 0 Å². The summed E-state index contributed by atoms with van der Waals surface area (Å²) in [7, 11) is 0. The van der Waals surface area contributed by atoms with Gasteiger partial charge in [0.25, 0.3) is 0 Å². The number of rotatable bonds is 3. The Kier molecular flexibility index (Phi) is 5.09. The lowest BCUT2D eigenvalue weighted by atomic mass is 10.1.